The number of halogens is 1. The molecule has 17 heavy (non-hydrogen) atoms. The Kier molecular flexibility index (Phi) is 3.11. The molecule has 0 bridgehead atoms. The van der Waals surface area contributed by atoms with Gasteiger partial charge in [0.05, 0.1) is 0 Å². The first-order valence-electron chi connectivity index (χ1n) is 5.82. The molecule has 1 aliphatic rings. The van der Waals surface area contributed by atoms with Crippen LogP contribution in [0.15, 0.2) is 27.3 Å². The van der Waals surface area contributed by atoms with Crippen LogP contribution in [0.4, 0.5) is 0 Å². The lowest BCUT2D eigenvalue weighted by atomic mass is 10.1. The first-order valence-corrected chi connectivity index (χ1v) is 7.43. The van der Waals surface area contributed by atoms with Gasteiger partial charge < -0.3 is 9.73 Å². The summed E-state index contributed by atoms with van der Waals surface area (Å²) in [6.07, 6.45) is 3.81. The Morgan fingerprint density at radius 1 is 1.41 bits per heavy atom. The number of thiophene rings is 1. The van der Waals surface area contributed by atoms with E-state index in [-0.39, 0.29) is 6.04 Å². The van der Waals surface area contributed by atoms with Gasteiger partial charge in [-0.3, -0.25) is 0 Å². The van der Waals surface area contributed by atoms with Gasteiger partial charge in [-0.2, -0.15) is 0 Å². The average Bonchev–Trinajstić information content (AvgIpc) is 2.95. The van der Waals surface area contributed by atoms with Crippen molar-refractivity contribution in [2.45, 2.75) is 25.3 Å². The summed E-state index contributed by atoms with van der Waals surface area (Å²) < 4.78 is 6.44. The molecule has 4 heteroatoms. The lowest BCUT2D eigenvalue weighted by Crippen LogP contribution is -2.15. The molecule has 0 spiro atoms. The fourth-order valence-corrected chi connectivity index (χ4v) is 4.10. The first kappa shape index (κ1) is 11.5. The molecule has 2 aromatic rings. The number of fused-ring (bicyclic) bond motifs is 1. The van der Waals surface area contributed by atoms with E-state index in [0.29, 0.717) is 0 Å². The van der Waals surface area contributed by atoms with Gasteiger partial charge in [-0.15, -0.1) is 11.3 Å². The highest BCUT2D eigenvalue weighted by molar-refractivity contribution is 9.10. The van der Waals surface area contributed by atoms with Gasteiger partial charge >= 0.3 is 0 Å². The van der Waals surface area contributed by atoms with Gasteiger partial charge in [-0.1, -0.05) is 0 Å². The van der Waals surface area contributed by atoms with Gasteiger partial charge in [-0.05, 0) is 66.0 Å². The lowest BCUT2D eigenvalue weighted by Gasteiger charge is -2.11. The van der Waals surface area contributed by atoms with Gasteiger partial charge in [-0.25, -0.2) is 0 Å². The largest absolute Gasteiger partial charge is 0.452 e. The molecule has 1 atom stereocenters. The number of hydrogen-bond acceptors (Lipinski definition) is 3. The molecule has 2 aromatic heterocycles. The van der Waals surface area contributed by atoms with E-state index in [0.717, 1.165) is 10.4 Å². The molecule has 1 N–H and O–H groups in total. The summed E-state index contributed by atoms with van der Waals surface area (Å²) in [6.45, 7) is 0. The Hall–Kier alpha value is -0.580. The van der Waals surface area contributed by atoms with Crippen LogP contribution in [0.5, 0.6) is 0 Å². The minimum absolute atomic E-state index is 0.178. The second kappa shape index (κ2) is 4.59. The topological polar surface area (TPSA) is 25.2 Å². The van der Waals surface area contributed by atoms with Gasteiger partial charge in [0.15, 0.2) is 4.67 Å². The van der Waals surface area contributed by atoms with Crippen LogP contribution in [-0.2, 0) is 12.8 Å². The summed E-state index contributed by atoms with van der Waals surface area (Å²) in [5.74, 6) is 0.972. The van der Waals surface area contributed by atoms with Crippen LogP contribution < -0.4 is 5.32 Å². The standard InChI is InChI=1S/C13H14BrNOS/c1-15-13(9-5-6-12(14)16-9)11-7-8-3-2-4-10(8)17-11/h5-7,13,15H,2-4H2,1H3. The number of hydrogen-bond donors (Lipinski definition) is 1. The summed E-state index contributed by atoms with van der Waals surface area (Å²) in [4.78, 5) is 2.92. The van der Waals surface area contributed by atoms with Crippen molar-refractivity contribution in [2.24, 2.45) is 0 Å². The highest BCUT2D eigenvalue weighted by Crippen LogP contribution is 2.36. The Labute approximate surface area is 113 Å². The summed E-state index contributed by atoms with van der Waals surface area (Å²) in [7, 11) is 1.98. The molecule has 1 unspecified atom stereocenters. The molecular weight excluding hydrogens is 298 g/mol. The lowest BCUT2D eigenvalue weighted by molar-refractivity contribution is 0.449. The van der Waals surface area contributed by atoms with Crippen LogP contribution in [0.1, 0.15) is 33.5 Å². The van der Waals surface area contributed by atoms with E-state index < -0.39 is 0 Å². The van der Waals surface area contributed by atoms with Gasteiger partial charge in [0, 0.05) is 9.75 Å². The zero-order valence-electron chi connectivity index (χ0n) is 9.63. The molecule has 0 fully saturated rings. The van der Waals surface area contributed by atoms with Crippen molar-refractivity contribution in [1.29, 1.82) is 0 Å². The Morgan fingerprint density at radius 2 is 2.29 bits per heavy atom. The van der Waals surface area contributed by atoms with Crippen LogP contribution in [-0.4, -0.2) is 7.05 Å². The van der Waals surface area contributed by atoms with Gasteiger partial charge in [0.1, 0.15) is 11.8 Å². The smallest absolute Gasteiger partial charge is 0.169 e. The van der Waals surface area contributed by atoms with Crippen LogP contribution in [0.25, 0.3) is 0 Å². The molecular formula is C13H14BrNOS. The van der Waals surface area contributed by atoms with Crippen molar-refractivity contribution in [3.8, 4) is 0 Å². The maximum atomic E-state index is 5.65. The van der Waals surface area contributed by atoms with Gasteiger partial charge in [0.25, 0.3) is 0 Å². The van der Waals surface area contributed by atoms with Crippen LogP contribution >= 0.6 is 27.3 Å². The number of nitrogens with one attached hydrogen (secondary N) is 1. The monoisotopic (exact) mass is 311 g/mol. The summed E-state index contributed by atoms with van der Waals surface area (Å²) in [6, 6.07) is 6.48. The van der Waals surface area contributed by atoms with E-state index in [4.69, 9.17) is 4.42 Å². The highest BCUT2D eigenvalue weighted by atomic mass is 79.9. The summed E-state index contributed by atoms with van der Waals surface area (Å²) >= 11 is 5.28. The molecule has 0 saturated heterocycles. The Bertz CT molecular complexity index is 510. The number of furan rings is 1. The van der Waals surface area contributed by atoms with Crippen LogP contribution in [0, 0.1) is 0 Å². The average molecular weight is 312 g/mol. The fourth-order valence-electron chi connectivity index (χ4n) is 2.40. The normalized spacial score (nSPS) is 16.1. The summed E-state index contributed by atoms with van der Waals surface area (Å²) in [5.41, 5.74) is 1.54. The van der Waals surface area contributed by atoms with Crippen molar-refractivity contribution in [1.82, 2.24) is 5.32 Å². The molecule has 1 aliphatic carbocycles. The SMILES string of the molecule is CNC(c1ccc(Br)o1)c1cc2c(s1)CCC2. The Balaban J connectivity index is 1.94. The third-order valence-electron chi connectivity index (χ3n) is 3.22. The minimum atomic E-state index is 0.178. The molecule has 90 valence electrons. The van der Waals surface area contributed by atoms with Crippen molar-refractivity contribution in [3.63, 3.8) is 0 Å². The molecule has 0 radical (unpaired) electrons. The predicted molar refractivity (Wildman–Crippen MR) is 73.7 cm³/mol. The zero-order chi connectivity index (χ0) is 11.8. The van der Waals surface area contributed by atoms with Crippen LogP contribution in [0.3, 0.4) is 0 Å². The Morgan fingerprint density at radius 3 is 2.94 bits per heavy atom. The van der Waals surface area contributed by atoms with Crippen molar-refractivity contribution < 1.29 is 4.42 Å². The number of rotatable bonds is 3. The van der Waals surface area contributed by atoms with Crippen molar-refractivity contribution in [2.75, 3.05) is 7.05 Å². The molecule has 0 amide bonds. The summed E-state index contributed by atoms with van der Waals surface area (Å²) in [5, 5.41) is 3.33. The van der Waals surface area contributed by atoms with E-state index in [1.54, 1.807) is 4.88 Å². The molecule has 0 aromatic carbocycles. The first-order chi connectivity index (χ1) is 8.28. The van der Waals surface area contributed by atoms with Crippen LogP contribution in [0.2, 0.25) is 0 Å². The molecule has 2 nitrogen and oxygen atoms in total. The van der Waals surface area contributed by atoms with Crippen molar-refractivity contribution in [3.05, 3.63) is 43.9 Å². The zero-order valence-corrected chi connectivity index (χ0v) is 12.0. The predicted octanol–water partition coefficient (Wildman–Crippen LogP) is 3.90. The van der Waals surface area contributed by atoms with E-state index in [9.17, 15) is 0 Å². The van der Waals surface area contributed by atoms with Gasteiger partial charge in [0.2, 0.25) is 0 Å². The second-order valence-electron chi connectivity index (χ2n) is 4.31. The van der Waals surface area contributed by atoms with Crippen molar-refractivity contribution >= 4 is 27.3 Å². The maximum absolute atomic E-state index is 5.65. The van der Waals surface area contributed by atoms with E-state index >= 15 is 0 Å². The highest BCUT2D eigenvalue weighted by Gasteiger charge is 2.22. The molecule has 0 saturated carbocycles. The fraction of sp³-hybridized carbons (Fsp3) is 0.385. The van der Waals surface area contributed by atoms with E-state index in [1.807, 2.05) is 30.5 Å². The minimum Gasteiger partial charge on any atom is -0.452 e. The molecule has 0 aliphatic heterocycles. The molecule has 2 heterocycles. The quantitative estimate of drug-likeness (QED) is 0.930. The number of aryl methyl sites for hydroxylation is 2. The maximum Gasteiger partial charge on any atom is 0.169 e. The third-order valence-corrected chi connectivity index (χ3v) is 4.95. The second-order valence-corrected chi connectivity index (χ2v) is 6.26. The molecule has 3 rings (SSSR count). The third kappa shape index (κ3) is 2.09. The van der Waals surface area contributed by atoms with E-state index in [1.165, 1.54) is 29.7 Å². The van der Waals surface area contributed by atoms with E-state index in [2.05, 4.69) is 27.3 Å².